The highest BCUT2D eigenvalue weighted by Gasteiger charge is 2.24. The van der Waals surface area contributed by atoms with Gasteiger partial charge in [-0.25, -0.2) is 4.39 Å². The summed E-state index contributed by atoms with van der Waals surface area (Å²) in [5.74, 6) is 2.10. The fourth-order valence-electron chi connectivity index (χ4n) is 5.43. The molecule has 2 heterocycles. The summed E-state index contributed by atoms with van der Waals surface area (Å²) in [5.41, 5.74) is 1.52. The Morgan fingerprint density at radius 2 is 1.49 bits per heavy atom. The second-order valence-electron chi connectivity index (χ2n) is 11.8. The van der Waals surface area contributed by atoms with Crippen LogP contribution in [-0.4, -0.2) is 63.9 Å². The lowest BCUT2D eigenvalue weighted by Crippen LogP contribution is -2.46. The van der Waals surface area contributed by atoms with E-state index in [1.165, 1.54) is 44.7 Å². The number of methoxy groups -OCH3 is 3. The van der Waals surface area contributed by atoms with E-state index in [9.17, 15) is 4.39 Å². The van der Waals surface area contributed by atoms with Crippen LogP contribution < -0.4 is 14.2 Å². The summed E-state index contributed by atoms with van der Waals surface area (Å²) < 4.78 is 28.6. The summed E-state index contributed by atoms with van der Waals surface area (Å²) in [7, 11) is 5.01. The van der Waals surface area contributed by atoms with E-state index in [4.69, 9.17) is 14.2 Å². The quantitative estimate of drug-likeness (QED) is 0.165. The van der Waals surface area contributed by atoms with E-state index in [2.05, 4.69) is 48.8 Å². The Morgan fingerprint density at radius 1 is 0.805 bits per heavy atom. The molecule has 1 aromatic heterocycles. The molecule has 41 heavy (non-hydrogen) atoms. The van der Waals surface area contributed by atoms with Gasteiger partial charge in [0, 0.05) is 53.3 Å². The number of ether oxygens (including phenoxy) is 3. The van der Waals surface area contributed by atoms with Crippen LogP contribution >= 0.6 is 11.3 Å². The molecule has 1 saturated heterocycles. The van der Waals surface area contributed by atoms with Crippen molar-refractivity contribution in [3.8, 4) is 17.2 Å². The van der Waals surface area contributed by atoms with Gasteiger partial charge in [0.2, 0.25) is 5.75 Å². The van der Waals surface area contributed by atoms with Gasteiger partial charge in [-0.2, -0.15) is 0 Å². The van der Waals surface area contributed by atoms with Crippen molar-refractivity contribution < 1.29 is 18.6 Å². The van der Waals surface area contributed by atoms with Crippen LogP contribution in [0.5, 0.6) is 17.2 Å². The van der Waals surface area contributed by atoms with E-state index in [0.29, 0.717) is 16.9 Å². The molecule has 0 spiro atoms. The van der Waals surface area contributed by atoms with Gasteiger partial charge in [-0.1, -0.05) is 45.4 Å². The number of nitrogens with zero attached hydrogens (tertiary/aromatic N) is 2. The van der Waals surface area contributed by atoms with E-state index < -0.39 is 0 Å². The molecule has 2 aliphatic carbocycles. The van der Waals surface area contributed by atoms with Crippen LogP contribution in [0.1, 0.15) is 55.4 Å². The minimum absolute atomic E-state index is 0.0579. The lowest BCUT2D eigenvalue weighted by molar-refractivity contribution is 0.112. The van der Waals surface area contributed by atoms with Crippen molar-refractivity contribution in [3.63, 3.8) is 0 Å². The van der Waals surface area contributed by atoms with Crippen molar-refractivity contribution >= 4 is 11.3 Å². The van der Waals surface area contributed by atoms with Gasteiger partial charge in [0.25, 0.3) is 0 Å². The third kappa shape index (κ3) is 8.24. The second kappa shape index (κ2) is 14.5. The van der Waals surface area contributed by atoms with E-state index in [0.717, 1.165) is 54.5 Å². The van der Waals surface area contributed by atoms with Gasteiger partial charge in [-0.05, 0) is 67.1 Å². The summed E-state index contributed by atoms with van der Waals surface area (Å²) in [6.45, 7) is 13.6. The van der Waals surface area contributed by atoms with E-state index in [1.807, 2.05) is 23.5 Å². The average Bonchev–Trinajstić information content (AvgIpc) is 3.42. The highest BCUT2D eigenvalue weighted by molar-refractivity contribution is 7.11. The first-order valence-corrected chi connectivity index (χ1v) is 15.7. The molecule has 0 saturated carbocycles. The van der Waals surface area contributed by atoms with E-state index in [-0.39, 0.29) is 5.82 Å². The zero-order chi connectivity index (χ0) is 29.4. The first kappa shape index (κ1) is 31.3. The predicted octanol–water partition coefficient (Wildman–Crippen LogP) is 7.32. The largest absolute Gasteiger partial charge is 0.493 e. The van der Waals surface area contributed by atoms with E-state index in [1.54, 1.807) is 37.2 Å². The summed E-state index contributed by atoms with van der Waals surface area (Å²) >= 11 is 2.01. The lowest BCUT2D eigenvalue weighted by atomic mass is 9.84. The second-order valence-corrected chi connectivity index (χ2v) is 13.1. The first-order chi connectivity index (χ1) is 19.8. The monoisotopic (exact) mass is 582 g/mol. The van der Waals surface area contributed by atoms with Crippen molar-refractivity contribution in [1.29, 1.82) is 0 Å². The Balaban J connectivity index is 0.000000473. The van der Waals surface area contributed by atoms with Crippen molar-refractivity contribution in [2.75, 3.05) is 54.1 Å². The molecule has 0 bridgehead atoms. The number of hydrogen-bond acceptors (Lipinski definition) is 6. The standard InChI is InChI=1S/C28H44N2O3S.C6H3F/c1-7-8-23-10-11-24(34-23)13-14-28(2,3)15-16-29-17-19-30(20-18-29)21-22-9-12-25(31-4)27(33-6)26(22)32-5;7-6-3-4-1-2-5(4)6/h9-12H,7-8,13-21H2,1-6H3;1-3H. The van der Waals surface area contributed by atoms with Crippen molar-refractivity contribution in [2.45, 2.75) is 59.4 Å². The zero-order valence-electron chi connectivity index (χ0n) is 25.7. The molecule has 224 valence electrons. The molecular weight excluding hydrogens is 535 g/mol. The molecule has 5 rings (SSSR count). The molecule has 0 unspecified atom stereocenters. The Hall–Kier alpha value is -2.61. The molecule has 5 nitrogen and oxygen atoms in total. The third-order valence-corrected chi connectivity index (χ3v) is 9.50. The molecule has 2 aromatic rings. The number of aryl methyl sites for hydroxylation is 2. The SMILES string of the molecule is CCCc1ccc(CCC(C)(C)CCN2CCN(Cc3ccc(OC)c(OC)c3OC)CC2)s1.Fc1cc2ccc1=2. The molecule has 0 N–H and O–H groups in total. The van der Waals surface area contributed by atoms with Crippen LogP contribution in [0.3, 0.4) is 0 Å². The molecule has 3 aliphatic rings. The fourth-order valence-corrected chi connectivity index (χ4v) is 6.55. The van der Waals surface area contributed by atoms with Crippen molar-refractivity contribution in [2.24, 2.45) is 5.41 Å². The maximum absolute atomic E-state index is 12.0. The van der Waals surface area contributed by atoms with Crippen LogP contribution in [0.4, 0.5) is 4.39 Å². The number of rotatable bonds is 13. The number of hydrogen-bond donors (Lipinski definition) is 0. The van der Waals surface area contributed by atoms with Crippen LogP contribution in [0.15, 0.2) is 42.5 Å². The molecule has 1 fully saturated rings. The highest BCUT2D eigenvalue weighted by Crippen LogP contribution is 2.40. The lowest BCUT2D eigenvalue weighted by Gasteiger charge is -2.36. The number of halogens is 1. The van der Waals surface area contributed by atoms with Gasteiger partial charge in [0.1, 0.15) is 5.82 Å². The molecule has 7 heteroatoms. The number of thiophene rings is 1. The zero-order valence-corrected chi connectivity index (χ0v) is 26.5. The highest BCUT2D eigenvalue weighted by atomic mass is 32.1. The minimum atomic E-state index is -0.0579. The van der Waals surface area contributed by atoms with Gasteiger partial charge in [0.15, 0.2) is 11.5 Å². The molecule has 1 aromatic carbocycles. The summed E-state index contributed by atoms with van der Waals surface area (Å²) in [5, 5.41) is 1.87. The van der Waals surface area contributed by atoms with Crippen LogP contribution in [0.2, 0.25) is 0 Å². The minimum Gasteiger partial charge on any atom is -0.493 e. The molecule has 0 amide bonds. The van der Waals surface area contributed by atoms with Crippen LogP contribution in [0, 0.1) is 21.7 Å². The van der Waals surface area contributed by atoms with Gasteiger partial charge < -0.3 is 19.1 Å². The number of benzene rings is 2. The van der Waals surface area contributed by atoms with E-state index >= 15 is 0 Å². The molecule has 0 atom stereocenters. The van der Waals surface area contributed by atoms with Gasteiger partial charge >= 0.3 is 0 Å². The molecular formula is C34H47FN2O3S. The maximum atomic E-state index is 12.0. The van der Waals surface area contributed by atoms with Gasteiger partial charge in [-0.15, -0.1) is 11.3 Å². The average molecular weight is 583 g/mol. The normalized spacial score (nSPS) is 14.8. The fraction of sp³-hybridized carbons (Fsp3) is 0.529. The van der Waals surface area contributed by atoms with Crippen LogP contribution in [0.25, 0.3) is 0 Å². The smallest absolute Gasteiger partial charge is 0.203 e. The van der Waals surface area contributed by atoms with Crippen molar-refractivity contribution in [3.05, 3.63) is 74.0 Å². The predicted molar refractivity (Wildman–Crippen MR) is 167 cm³/mol. The summed E-state index contributed by atoms with van der Waals surface area (Å²) in [4.78, 5) is 8.24. The maximum Gasteiger partial charge on any atom is 0.203 e. The topological polar surface area (TPSA) is 34.2 Å². The Kier molecular flexibility index (Phi) is 11.1. The first-order valence-electron chi connectivity index (χ1n) is 14.9. The Morgan fingerprint density at radius 3 is 2.00 bits per heavy atom. The third-order valence-electron chi connectivity index (χ3n) is 8.29. The molecule has 1 aliphatic heterocycles. The Bertz CT molecular complexity index is 1360. The summed E-state index contributed by atoms with van der Waals surface area (Å²) in [6.07, 6.45) is 6.18. The Labute approximate surface area is 249 Å². The van der Waals surface area contributed by atoms with Crippen molar-refractivity contribution in [1.82, 2.24) is 9.80 Å². The van der Waals surface area contributed by atoms with Crippen LogP contribution in [-0.2, 0) is 19.4 Å². The summed E-state index contributed by atoms with van der Waals surface area (Å²) in [6, 6.07) is 14.0. The van der Waals surface area contributed by atoms with Gasteiger partial charge in [0.05, 0.1) is 21.3 Å². The number of piperazine rings is 1. The van der Waals surface area contributed by atoms with Gasteiger partial charge in [-0.3, -0.25) is 4.90 Å². The molecule has 0 radical (unpaired) electrons.